The zero-order chi connectivity index (χ0) is 8.91. The molecule has 0 fully saturated rings. The van der Waals surface area contributed by atoms with Gasteiger partial charge in [-0.15, -0.1) is 0 Å². The number of primary amides is 1. The van der Waals surface area contributed by atoms with E-state index in [1.54, 1.807) is 0 Å². The van der Waals surface area contributed by atoms with Crippen LogP contribution >= 0.6 is 0 Å². The van der Waals surface area contributed by atoms with E-state index in [9.17, 15) is 4.79 Å². The molecule has 0 aromatic heterocycles. The van der Waals surface area contributed by atoms with E-state index in [1.165, 1.54) is 0 Å². The first-order valence-corrected chi connectivity index (χ1v) is 5.17. The quantitative estimate of drug-likeness (QED) is 0.253. The molecule has 2 amide bonds. The van der Waals surface area contributed by atoms with Gasteiger partial charge in [0.1, 0.15) is 0 Å². The van der Waals surface area contributed by atoms with Crippen molar-refractivity contribution in [2.75, 3.05) is 6.54 Å². The summed E-state index contributed by atoms with van der Waals surface area (Å²) in [4.78, 5) is 35.5. The van der Waals surface area contributed by atoms with Gasteiger partial charge in [0.15, 0.2) is 0 Å². The maximum atomic E-state index is 10.1. The molecule has 0 heterocycles. The maximum Gasteiger partial charge on any atom is 0.492 e. The Morgan fingerprint density at radius 3 is 2.36 bits per heavy atom. The Morgan fingerprint density at radius 1 is 1.45 bits per heavy atom. The summed E-state index contributed by atoms with van der Waals surface area (Å²) in [5, 5.41) is 2.25. The van der Waals surface area contributed by atoms with Crippen LogP contribution in [0.4, 0.5) is 4.79 Å². The van der Waals surface area contributed by atoms with Gasteiger partial charge in [0.2, 0.25) is 0 Å². The number of urea groups is 1. The molecule has 6 nitrogen and oxygen atoms in total. The highest BCUT2D eigenvalue weighted by molar-refractivity contribution is 6.56. The lowest BCUT2D eigenvalue weighted by molar-refractivity contribution is 0.225. The lowest BCUT2D eigenvalue weighted by Crippen LogP contribution is -2.36. The van der Waals surface area contributed by atoms with Gasteiger partial charge < -0.3 is 25.4 Å². The lowest BCUT2D eigenvalue weighted by atomic mass is 10.5. The van der Waals surface area contributed by atoms with E-state index in [-0.39, 0.29) is 12.6 Å². The zero-order valence-corrected chi connectivity index (χ0v) is 6.95. The molecule has 0 rings (SSSR count). The third-order valence-electron chi connectivity index (χ3n) is 0.988. The van der Waals surface area contributed by atoms with Gasteiger partial charge in [0.25, 0.3) is 0 Å². The highest BCUT2D eigenvalue weighted by Gasteiger charge is 2.25. The fourth-order valence-corrected chi connectivity index (χ4v) is 1.19. The first kappa shape index (κ1) is 10.4. The minimum Gasteiger partial charge on any atom is -0.390 e. The Labute approximate surface area is 65.0 Å². The van der Waals surface area contributed by atoms with E-state index < -0.39 is 14.8 Å². The van der Waals surface area contributed by atoms with Gasteiger partial charge in [-0.3, -0.25) is 0 Å². The van der Waals surface area contributed by atoms with Crippen molar-refractivity contribution in [2.45, 2.75) is 12.5 Å². The number of amides is 2. The van der Waals surface area contributed by atoms with Crippen LogP contribution in [0.15, 0.2) is 0 Å². The fourth-order valence-electron chi connectivity index (χ4n) is 0.537. The van der Waals surface area contributed by atoms with Gasteiger partial charge >= 0.3 is 14.8 Å². The van der Waals surface area contributed by atoms with Crippen molar-refractivity contribution in [2.24, 2.45) is 5.73 Å². The van der Waals surface area contributed by atoms with Crippen LogP contribution in [0.1, 0.15) is 6.42 Å². The first-order valence-electron chi connectivity index (χ1n) is 3.12. The molecule has 6 N–H and O–H groups in total. The topological polar surface area (TPSA) is 116 Å². The van der Waals surface area contributed by atoms with Gasteiger partial charge in [-0.2, -0.15) is 0 Å². The number of rotatable bonds is 4. The summed E-state index contributed by atoms with van der Waals surface area (Å²) in [7, 11) is -3.92. The van der Waals surface area contributed by atoms with E-state index >= 15 is 0 Å². The van der Waals surface area contributed by atoms with Crippen molar-refractivity contribution in [3.05, 3.63) is 0 Å². The zero-order valence-electron chi connectivity index (χ0n) is 5.95. The van der Waals surface area contributed by atoms with Crippen LogP contribution in [-0.2, 0) is 0 Å². The minimum absolute atomic E-state index is 0.0900. The van der Waals surface area contributed by atoms with Gasteiger partial charge in [0.05, 0.1) is 0 Å². The van der Waals surface area contributed by atoms with E-state index in [2.05, 4.69) is 5.32 Å². The molecule has 0 saturated heterocycles. The lowest BCUT2D eigenvalue weighted by Gasteiger charge is -2.08. The standard InChI is InChI=1S/C4H12N2O4Si/c5-4(7)6-2-1-3-11(8,9)10/h8-10H,1-3H2,(H3,5,6,7). The molecule has 0 saturated carbocycles. The molecular formula is C4H12N2O4Si. The van der Waals surface area contributed by atoms with Gasteiger partial charge in [0, 0.05) is 12.6 Å². The van der Waals surface area contributed by atoms with Crippen molar-refractivity contribution in [1.82, 2.24) is 5.32 Å². The SMILES string of the molecule is NC(=O)NCCC[Si](O)(O)O. The van der Waals surface area contributed by atoms with Crippen LogP contribution in [-0.4, -0.2) is 35.8 Å². The minimum atomic E-state index is -3.92. The summed E-state index contributed by atoms with van der Waals surface area (Å²) in [5.74, 6) is 0. The van der Waals surface area contributed by atoms with Crippen LogP contribution in [0, 0.1) is 0 Å². The molecule has 0 aromatic carbocycles. The summed E-state index contributed by atoms with van der Waals surface area (Å²) >= 11 is 0. The number of carbonyl (C=O) groups is 1. The van der Waals surface area contributed by atoms with Crippen LogP contribution in [0.25, 0.3) is 0 Å². The van der Waals surface area contributed by atoms with Crippen molar-refractivity contribution in [3.8, 4) is 0 Å². The summed E-state index contributed by atoms with van der Waals surface area (Å²) < 4.78 is 0. The second-order valence-corrected chi connectivity index (χ2v) is 4.22. The average Bonchev–Trinajstić information content (AvgIpc) is 1.78. The highest BCUT2D eigenvalue weighted by atomic mass is 28.4. The van der Waals surface area contributed by atoms with Crippen LogP contribution in [0.5, 0.6) is 0 Å². The number of hydrogen-bond acceptors (Lipinski definition) is 4. The third kappa shape index (κ3) is 9.37. The molecule has 0 aliphatic carbocycles. The Bertz CT molecular complexity index is 135. The van der Waals surface area contributed by atoms with Gasteiger partial charge in [-0.05, 0) is 6.42 Å². The average molecular weight is 180 g/mol. The van der Waals surface area contributed by atoms with Crippen LogP contribution in [0.3, 0.4) is 0 Å². The molecule has 66 valence electrons. The Hall–Kier alpha value is -0.633. The molecule has 0 aliphatic heterocycles. The molecular weight excluding hydrogens is 168 g/mol. The van der Waals surface area contributed by atoms with Gasteiger partial charge in [-0.1, -0.05) is 0 Å². The maximum absolute atomic E-state index is 10.1. The van der Waals surface area contributed by atoms with Crippen LogP contribution in [0.2, 0.25) is 6.04 Å². The van der Waals surface area contributed by atoms with Crippen molar-refractivity contribution < 1.29 is 19.2 Å². The van der Waals surface area contributed by atoms with E-state index in [4.69, 9.17) is 20.1 Å². The number of hydrogen-bond donors (Lipinski definition) is 5. The fraction of sp³-hybridized carbons (Fsp3) is 0.750. The Kier molecular flexibility index (Phi) is 4.04. The van der Waals surface area contributed by atoms with Crippen molar-refractivity contribution in [3.63, 3.8) is 0 Å². The second kappa shape index (κ2) is 4.29. The monoisotopic (exact) mass is 180 g/mol. The number of carbonyl (C=O) groups excluding carboxylic acids is 1. The summed E-state index contributed by atoms with van der Waals surface area (Å²) in [5.41, 5.74) is 4.72. The molecule has 0 atom stereocenters. The van der Waals surface area contributed by atoms with E-state index in [0.717, 1.165) is 0 Å². The predicted molar refractivity (Wildman–Crippen MR) is 39.4 cm³/mol. The second-order valence-electron chi connectivity index (χ2n) is 2.17. The Balaban J connectivity index is 3.22. The molecule has 0 radical (unpaired) electrons. The van der Waals surface area contributed by atoms with Crippen LogP contribution < -0.4 is 11.1 Å². The predicted octanol–water partition coefficient (Wildman–Crippen LogP) is -2.04. The highest BCUT2D eigenvalue weighted by Crippen LogP contribution is 1.98. The normalized spacial score (nSPS) is 11.2. The van der Waals surface area contributed by atoms with Crippen molar-refractivity contribution >= 4 is 14.8 Å². The number of nitrogens with two attached hydrogens (primary N) is 1. The smallest absolute Gasteiger partial charge is 0.390 e. The first-order chi connectivity index (χ1) is 4.92. The van der Waals surface area contributed by atoms with Gasteiger partial charge in [-0.25, -0.2) is 4.79 Å². The molecule has 0 aliphatic rings. The number of nitrogens with one attached hydrogen (secondary N) is 1. The molecule has 7 heteroatoms. The largest absolute Gasteiger partial charge is 0.492 e. The molecule has 0 bridgehead atoms. The Morgan fingerprint density at radius 2 is 2.00 bits per heavy atom. The molecule has 0 spiro atoms. The molecule has 0 aromatic rings. The molecule has 0 unspecified atom stereocenters. The van der Waals surface area contributed by atoms with E-state index in [0.29, 0.717) is 6.42 Å². The van der Waals surface area contributed by atoms with Crippen molar-refractivity contribution in [1.29, 1.82) is 0 Å². The summed E-state index contributed by atoms with van der Waals surface area (Å²) in [6.45, 7) is 0.242. The summed E-state index contributed by atoms with van der Waals surface area (Å²) in [6.07, 6.45) is 0.304. The third-order valence-corrected chi connectivity index (χ3v) is 2.01. The van der Waals surface area contributed by atoms with E-state index in [1.807, 2.05) is 0 Å². The summed E-state index contributed by atoms with van der Waals surface area (Å²) in [6, 6.07) is -0.751. The molecule has 11 heavy (non-hydrogen) atoms.